The minimum Gasteiger partial charge on any atom is -0.494 e. The van der Waals surface area contributed by atoms with E-state index in [0.29, 0.717) is 38.6 Å². The number of benzene rings is 5. The van der Waals surface area contributed by atoms with Crippen LogP contribution in [0.4, 0.5) is 5.69 Å². The monoisotopic (exact) mass is 726 g/mol. The maximum absolute atomic E-state index is 14.8. The molecule has 0 radical (unpaired) electrons. The first-order valence-electron chi connectivity index (χ1n) is 17.9. The highest BCUT2D eigenvalue weighted by Gasteiger charge is 2.33. The zero-order valence-electron chi connectivity index (χ0n) is 30.2. The van der Waals surface area contributed by atoms with Crippen molar-refractivity contribution in [1.82, 2.24) is 9.13 Å². The lowest BCUT2D eigenvalue weighted by Crippen LogP contribution is -2.40. The highest BCUT2D eigenvalue weighted by molar-refractivity contribution is 7.07. The van der Waals surface area contributed by atoms with Crippen molar-refractivity contribution in [2.24, 2.45) is 4.99 Å². The molecule has 2 aromatic heterocycles. The van der Waals surface area contributed by atoms with Gasteiger partial charge in [-0.2, -0.15) is 0 Å². The number of aryl methyl sites for hydroxylation is 1. The molecule has 5 aromatic carbocycles. The van der Waals surface area contributed by atoms with Gasteiger partial charge in [-0.1, -0.05) is 120 Å². The number of amides is 1. The summed E-state index contributed by atoms with van der Waals surface area (Å²) in [5.41, 5.74) is 9.28. The minimum atomic E-state index is -0.714. The summed E-state index contributed by atoms with van der Waals surface area (Å²) >= 11 is 1.33. The van der Waals surface area contributed by atoms with Crippen molar-refractivity contribution in [3.05, 3.63) is 193 Å². The quantitative estimate of drug-likeness (QED) is 0.162. The number of para-hydroxylation sites is 1. The lowest BCUT2D eigenvalue weighted by atomic mass is 9.95. The second-order valence-corrected chi connectivity index (χ2v) is 14.1. The second kappa shape index (κ2) is 14.8. The number of rotatable bonds is 9. The maximum atomic E-state index is 14.8. The number of carbonyl (C=O) groups excluding carboxylic acids is 1. The number of ether oxygens (including phenoxy) is 1. The van der Waals surface area contributed by atoms with Crippen LogP contribution in [0.1, 0.15) is 36.6 Å². The van der Waals surface area contributed by atoms with Crippen LogP contribution in [0.3, 0.4) is 0 Å². The predicted octanol–water partition coefficient (Wildman–Crippen LogP) is 8.71. The van der Waals surface area contributed by atoms with Gasteiger partial charge in [-0.25, -0.2) is 4.99 Å². The number of anilines is 1. The fourth-order valence-electron chi connectivity index (χ4n) is 7.02. The molecule has 0 spiro atoms. The van der Waals surface area contributed by atoms with Crippen LogP contribution in [-0.2, 0) is 4.79 Å². The number of aromatic nitrogens is 2. The van der Waals surface area contributed by atoms with Gasteiger partial charge in [0, 0.05) is 16.9 Å². The van der Waals surface area contributed by atoms with Gasteiger partial charge in [0.05, 0.1) is 39.8 Å². The minimum absolute atomic E-state index is 0.224. The van der Waals surface area contributed by atoms with Crippen molar-refractivity contribution in [3.63, 3.8) is 0 Å². The number of thiazole rings is 1. The van der Waals surface area contributed by atoms with Crippen LogP contribution in [-0.4, -0.2) is 21.6 Å². The highest BCUT2D eigenvalue weighted by atomic mass is 32.1. The van der Waals surface area contributed by atoms with E-state index in [0.717, 1.165) is 39.3 Å². The standard InChI is InChI=1S/C46H38N4O3S/c1-4-53-38-26-22-34(23-27-38)43-41(44(51)48-36-18-12-7-13-19-36)31(3)47-46-50(43)45(52)40(54-46)29-35-28-39(32-14-8-5-9-15-32)49(37-24-20-30(2)21-25-37)42(35)33-16-10-6-11-17-33/h5-29,43H,4H2,1-3H3,(H,48,51)/b40-29-/t43-/m1/s1. The Bertz CT molecular complexity index is 2680. The van der Waals surface area contributed by atoms with Crippen molar-refractivity contribution in [1.29, 1.82) is 0 Å². The normalized spacial score (nSPS) is 14.1. The van der Waals surface area contributed by atoms with Crippen LogP contribution in [0, 0.1) is 6.92 Å². The van der Waals surface area contributed by atoms with Crippen LogP contribution in [0.25, 0.3) is 34.3 Å². The lowest BCUT2D eigenvalue weighted by Gasteiger charge is -2.25. The largest absolute Gasteiger partial charge is 0.494 e. The number of carbonyl (C=O) groups is 1. The summed E-state index contributed by atoms with van der Waals surface area (Å²) < 4.78 is 10.2. The molecule has 0 saturated heterocycles. The summed E-state index contributed by atoms with van der Waals surface area (Å²) in [5, 5.41) is 3.04. The first kappa shape index (κ1) is 34.6. The predicted molar refractivity (Wildman–Crippen MR) is 218 cm³/mol. The number of hydrogen-bond acceptors (Lipinski definition) is 5. The topological polar surface area (TPSA) is 77.6 Å². The maximum Gasteiger partial charge on any atom is 0.271 e. The van der Waals surface area contributed by atoms with Crippen LogP contribution in [0.2, 0.25) is 0 Å². The molecule has 1 atom stereocenters. The molecule has 1 aliphatic heterocycles. The Morgan fingerprint density at radius 2 is 1.44 bits per heavy atom. The van der Waals surface area contributed by atoms with Gasteiger partial charge >= 0.3 is 0 Å². The molecule has 54 heavy (non-hydrogen) atoms. The molecule has 0 saturated carbocycles. The third kappa shape index (κ3) is 6.64. The molecule has 8 heteroatoms. The third-order valence-electron chi connectivity index (χ3n) is 9.53. The number of nitrogens with one attached hydrogen (secondary N) is 1. The summed E-state index contributed by atoms with van der Waals surface area (Å²) in [5.74, 6) is 0.398. The van der Waals surface area contributed by atoms with E-state index in [1.807, 2.05) is 111 Å². The molecular weight excluding hydrogens is 689 g/mol. The molecule has 0 fully saturated rings. The molecule has 266 valence electrons. The van der Waals surface area contributed by atoms with Gasteiger partial charge in [0.1, 0.15) is 5.75 Å². The van der Waals surface area contributed by atoms with E-state index in [1.165, 1.54) is 16.9 Å². The first-order valence-corrected chi connectivity index (χ1v) is 18.8. The smallest absolute Gasteiger partial charge is 0.271 e. The fourth-order valence-corrected chi connectivity index (χ4v) is 8.05. The second-order valence-electron chi connectivity index (χ2n) is 13.1. The van der Waals surface area contributed by atoms with Gasteiger partial charge in [-0.05, 0) is 86.0 Å². The van der Waals surface area contributed by atoms with E-state index >= 15 is 0 Å². The molecule has 3 heterocycles. The summed E-state index contributed by atoms with van der Waals surface area (Å²) in [6, 6.07) is 47.4. The van der Waals surface area contributed by atoms with E-state index in [2.05, 4.69) is 71.4 Å². The van der Waals surface area contributed by atoms with Crippen molar-refractivity contribution in [2.45, 2.75) is 26.8 Å². The van der Waals surface area contributed by atoms with Crippen molar-refractivity contribution in [3.8, 4) is 34.0 Å². The van der Waals surface area contributed by atoms with Crippen molar-refractivity contribution in [2.75, 3.05) is 11.9 Å². The van der Waals surface area contributed by atoms with E-state index in [1.54, 1.807) is 4.57 Å². The van der Waals surface area contributed by atoms with Gasteiger partial charge in [0.2, 0.25) is 0 Å². The van der Waals surface area contributed by atoms with Crippen LogP contribution in [0.15, 0.2) is 167 Å². The van der Waals surface area contributed by atoms with Gasteiger partial charge < -0.3 is 14.6 Å². The van der Waals surface area contributed by atoms with E-state index in [-0.39, 0.29) is 11.5 Å². The summed E-state index contributed by atoms with van der Waals surface area (Å²) in [4.78, 5) is 34.3. The number of nitrogens with zero attached hydrogens (tertiary/aromatic N) is 3. The Hall–Kier alpha value is -6.51. The van der Waals surface area contributed by atoms with Gasteiger partial charge in [-0.3, -0.25) is 14.2 Å². The highest BCUT2D eigenvalue weighted by Crippen LogP contribution is 2.37. The Labute approximate surface area is 317 Å². The van der Waals surface area contributed by atoms with Crippen molar-refractivity contribution < 1.29 is 9.53 Å². The molecule has 1 aliphatic rings. The van der Waals surface area contributed by atoms with E-state index < -0.39 is 6.04 Å². The molecule has 7 nitrogen and oxygen atoms in total. The number of fused-ring (bicyclic) bond motifs is 1. The molecule has 8 rings (SSSR count). The zero-order valence-corrected chi connectivity index (χ0v) is 31.0. The first-order chi connectivity index (χ1) is 26.4. The molecule has 0 aliphatic carbocycles. The van der Waals surface area contributed by atoms with Gasteiger partial charge in [0.15, 0.2) is 4.80 Å². The van der Waals surface area contributed by atoms with E-state index in [4.69, 9.17) is 9.73 Å². The number of hydrogen-bond donors (Lipinski definition) is 1. The Kier molecular flexibility index (Phi) is 9.51. The molecule has 7 aromatic rings. The SMILES string of the molecule is CCOc1ccc([C@@H]2C(C(=O)Nc3ccccc3)=C(C)N=c3s/c(=C\c4cc(-c5ccccc5)n(-c5ccc(C)cc5)c4-c4ccccc4)c(=O)n32)cc1. The van der Waals surface area contributed by atoms with Crippen LogP contribution < -0.4 is 24.9 Å². The fraction of sp³-hybridized carbons (Fsp3) is 0.109. The third-order valence-corrected chi connectivity index (χ3v) is 10.5. The summed E-state index contributed by atoms with van der Waals surface area (Å²) in [6.07, 6.45) is 1.97. The average Bonchev–Trinajstić information content (AvgIpc) is 3.72. The molecule has 0 unspecified atom stereocenters. The average molecular weight is 727 g/mol. The molecule has 0 bridgehead atoms. The molecule has 1 amide bonds. The van der Waals surface area contributed by atoms with E-state index in [9.17, 15) is 9.59 Å². The van der Waals surface area contributed by atoms with Crippen LogP contribution >= 0.6 is 11.3 Å². The van der Waals surface area contributed by atoms with Crippen LogP contribution in [0.5, 0.6) is 5.75 Å². The number of allylic oxidation sites excluding steroid dienone is 1. The molecule has 1 N–H and O–H groups in total. The lowest BCUT2D eigenvalue weighted by molar-refractivity contribution is -0.113. The Morgan fingerprint density at radius 3 is 2.09 bits per heavy atom. The van der Waals surface area contributed by atoms with Crippen molar-refractivity contribution >= 4 is 29.0 Å². The van der Waals surface area contributed by atoms with Gasteiger partial charge in [0.25, 0.3) is 11.5 Å². The Balaban J connectivity index is 1.35. The zero-order chi connectivity index (χ0) is 37.2. The summed E-state index contributed by atoms with van der Waals surface area (Å²) in [6.45, 7) is 6.38. The van der Waals surface area contributed by atoms with Gasteiger partial charge in [-0.15, -0.1) is 0 Å². The summed E-state index contributed by atoms with van der Waals surface area (Å²) in [7, 11) is 0. The molecular formula is C46H38N4O3S. The Morgan fingerprint density at radius 1 is 0.815 bits per heavy atom.